The number of carbonyl (C=O) groups is 2. The number of aromatic nitrogens is 3. The molecule has 1 atom stereocenters. The highest BCUT2D eigenvalue weighted by atomic mass is 32.2. The molecule has 2 aromatic carbocycles. The largest absolute Gasteiger partial charge is 0.348 e. The van der Waals surface area contributed by atoms with Gasteiger partial charge < -0.3 is 15.5 Å². The number of ketones is 1. The van der Waals surface area contributed by atoms with Crippen molar-refractivity contribution in [1.82, 2.24) is 25.2 Å². The summed E-state index contributed by atoms with van der Waals surface area (Å²) < 4.78 is 24.8. The van der Waals surface area contributed by atoms with E-state index in [0.717, 1.165) is 11.8 Å². The number of aryl methyl sites for hydroxylation is 1. The van der Waals surface area contributed by atoms with E-state index >= 15 is 0 Å². The fourth-order valence-corrected chi connectivity index (χ4v) is 5.47. The van der Waals surface area contributed by atoms with Gasteiger partial charge in [0.2, 0.25) is 5.95 Å². The zero-order chi connectivity index (χ0) is 29.3. The Kier molecular flexibility index (Phi) is 7.70. The maximum atomic E-state index is 13.1. The highest BCUT2D eigenvalue weighted by Crippen LogP contribution is 2.23. The molecule has 0 saturated carbocycles. The molecule has 3 heterocycles. The van der Waals surface area contributed by atoms with Crippen LogP contribution in [-0.2, 0) is 21.2 Å². The topological polar surface area (TPSA) is 143 Å². The van der Waals surface area contributed by atoms with Crippen LogP contribution in [0.5, 0.6) is 0 Å². The summed E-state index contributed by atoms with van der Waals surface area (Å²) in [5.74, 6) is 0.0730. The Bertz CT molecular complexity index is 1800. The van der Waals surface area contributed by atoms with E-state index in [4.69, 9.17) is 4.98 Å². The summed E-state index contributed by atoms with van der Waals surface area (Å²) in [6.45, 7) is 5.34. The predicted molar refractivity (Wildman–Crippen MR) is 155 cm³/mol. The fourth-order valence-electron chi connectivity index (χ4n) is 4.84. The molecule has 1 unspecified atom stereocenters. The smallest absolute Gasteiger partial charge is 0.256 e. The molecule has 0 radical (unpaired) electrons. The highest BCUT2D eigenvalue weighted by molar-refractivity contribution is 7.90. The number of sulfone groups is 1. The van der Waals surface area contributed by atoms with E-state index in [9.17, 15) is 22.8 Å². The zero-order valence-corrected chi connectivity index (χ0v) is 23.7. The lowest BCUT2D eigenvalue weighted by atomic mass is 10.1. The normalized spacial score (nSPS) is 15.6. The standard InChI is InChI=1S/C29H30N6O5S/c1-18-24-12-13-26(37)35(27(24)33-29(32-18)34-15-14-30-17-25(34)19(2)36)22-8-6-21(7-9-22)28(38)31-16-20-4-10-23(11-5-20)41(3,39)40/h4-13,25,30H,14-17H2,1-3H3,(H,31,38). The second kappa shape index (κ2) is 11.2. The summed E-state index contributed by atoms with van der Waals surface area (Å²) in [5.41, 5.74) is 2.48. The van der Waals surface area contributed by atoms with Gasteiger partial charge in [0.15, 0.2) is 21.3 Å². The van der Waals surface area contributed by atoms with Gasteiger partial charge in [0, 0.05) is 49.5 Å². The number of pyridine rings is 1. The van der Waals surface area contributed by atoms with Gasteiger partial charge in [-0.25, -0.2) is 13.4 Å². The Morgan fingerprint density at radius 3 is 2.39 bits per heavy atom. The van der Waals surface area contributed by atoms with Gasteiger partial charge in [0.05, 0.1) is 16.3 Å². The number of Topliss-reactive ketones (excluding diaryl/α,β-unsaturated/α-hetero) is 1. The number of fused-ring (bicyclic) bond motifs is 1. The molecule has 1 amide bonds. The van der Waals surface area contributed by atoms with Crippen LogP contribution in [0.15, 0.2) is 70.4 Å². The van der Waals surface area contributed by atoms with Crippen molar-refractivity contribution in [3.8, 4) is 5.69 Å². The van der Waals surface area contributed by atoms with Crippen LogP contribution in [0.25, 0.3) is 16.7 Å². The van der Waals surface area contributed by atoms with E-state index in [2.05, 4.69) is 15.6 Å². The zero-order valence-electron chi connectivity index (χ0n) is 22.9. The van der Waals surface area contributed by atoms with E-state index in [1.54, 1.807) is 49.4 Å². The van der Waals surface area contributed by atoms with Crippen LogP contribution in [-0.4, -0.2) is 66.6 Å². The molecular formula is C29H30N6O5S. The number of nitrogens with zero attached hydrogens (tertiary/aromatic N) is 4. The molecule has 212 valence electrons. The number of amides is 1. The van der Waals surface area contributed by atoms with Crippen LogP contribution in [0, 0.1) is 6.92 Å². The van der Waals surface area contributed by atoms with E-state index in [1.807, 2.05) is 11.8 Å². The quantitative estimate of drug-likeness (QED) is 0.338. The molecule has 2 aromatic heterocycles. The molecule has 12 heteroatoms. The summed E-state index contributed by atoms with van der Waals surface area (Å²) >= 11 is 0. The van der Waals surface area contributed by atoms with Crippen molar-refractivity contribution >= 4 is 38.5 Å². The predicted octanol–water partition coefficient (Wildman–Crippen LogP) is 1.79. The van der Waals surface area contributed by atoms with Crippen molar-refractivity contribution in [1.29, 1.82) is 0 Å². The number of anilines is 1. The minimum Gasteiger partial charge on any atom is -0.348 e. The van der Waals surface area contributed by atoms with Crippen LogP contribution < -0.4 is 21.1 Å². The van der Waals surface area contributed by atoms with E-state index < -0.39 is 15.9 Å². The first-order valence-corrected chi connectivity index (χ1v) is 15.0. The molecule has 11 nitrogen and oxygen atoms in total. The molecule has 1 aliphatic heterocycles. The third-order valence-electron chi connectivity index (χ3n) is 7.09. The van der Waals surface area contributed by atoms with Crippen molar-refractivity contribution in [2.45, 2.75) is 31.3 Å². The summed E-state index contributed by atoms with van der Waals surface area (Å²) in [6, 6.07) is 15.7. The number of hydrogen-bond acceptors (Lipinski definition) is 9. The van der Waals surface area contributed by atoms with Crippen LogP contribution in [0.4, 0.5) is 5.95 Å². The molecule has 0 spiro atoms. The summed E-state index contributed by atoms with van der Waals surface area (Å²) in [7, 11) is -3.29. The van der Waals surface area contributed by atoms with Crippen molar-refractivity contribution in [2.75, 3.05) is 30.8 Å². The molecule has 41 heavy (non-hydrogen) atoms. The number of carbonyl (C=O) groups excluding carboxylic acids is 2. The SMILES string of the molecule is CC(=O)C1CNCCN1c1nc(C)c2ccc(=O)n(-c3ccc(C(=O)NCc4ccc(S(C)(=O)=O)cc4)cc3)c2n1. The Morgan fingerprint density at radius 1 is 1.02 bits per heavy atom. The maximum Gasteiger partial charge on any atom is 0.256 e. The van der Waals surface area contributed by atoms with Gasteiger partial charge in [0.25, 0.3) is 11.5 Å². The van der Waals surface area contributed by atoms with Gasteiger partial charge in [0.1, 0.15) is 6.04 Å². The van der Waals surface area contributed by atoms with Gasteiger partial charge in [-0.3, -0.25) is 19.0 Å². The fraction of sp³-hybridized carbons (Fsp3) is 0.276. The minimum absolute atomic E-state index is 0.00351. The van der Waals surface area contributed by atoms with Crippen molar-refractivity contribution in [2.24, 2.45) is 0 Å². The molecule has 1 saturated heterocycles. The summed E-state index contributed by atoms with van der Waals surface area (Å²) in [4.78, 5) is 49.6. The lowest BCUT2D eigenvalue weighted by Gasteiger charge is -2.34. The lowest BCUT2D eigenvalue weighted by Crippen LogP contribution is -2.55. The molecule has 1 fully saturated rings. The molecular weight excluding hydrogens is 544 g/mol. The first-order chi connectivity index (χ1) is 19.5. The van der Waals surface area contributed by atoms with Gasteiger partial charge in [-0.1, -0.05) is 12.1 Å². The monoisotopic (exact) mass is 574 g/mol. The summed E-state index contributed by atoms with van der Waals surface area (Å²) in [5, 5.41) is 6.75. The lowest BCUT2D eigenvalue weighted by molar-refractivity contribution is -0.118. The number of piperazine rings is 1. The Hall–Kier alpha value is -4.42. The Balaban J connectivity index is 1.41. The molecule has 5 rings (SSSR count). The third-order valence-corrected chi connectivity index (χ3v) is 8.22. The molecule has 2 N–H and O–H groups in total. The second-order valence-corrected chi connectivity index (χ2v) is 12.0. The van der Waals surface area contributed by atoms with Crippen molar-refractivity contribution in [3.05, 3.63) is 87.8 Å². The van der Waals surface area contributed by atoms with E-state index in [0.29, 0.717) is 53.6 Å². The minimum atomic E-state index is -3.29. The number of benzene rings is 2. The second-order valence-electron chi connectivity index (χ2n) is 10.0. The third kappa shape index (κ3) is 5.88. The van der Waals surface area contributed by atoms with E-state index in [-0.39, 0.29) is 28.7 Å². The highest BCUT2D eigenvalue weighted by Gasteiger charge is 2.28. The number of rotatable bonds is 7. The van der Waals surface area contributed by atoms with Gasteiger partial charge >= 0.3 is 0 Å². The average molecular weight is 575 g/mol. The van der Waals surface area contributed by atoms with E-state index in [1.165, 1.54) is 22.8 Å². The van der Waals surface area contributed by atoms with Crippen LogP contribution in [0.3, 0.4) is 0 Å². The average Bonchev–Trinajstić information content (AvgIpc) is 2.95. The van der Waals surface area contributed by atoms with Gasteiger partial charge in [-0.15, -0.1) is 0 Å². The maximum absolute atomic E-state index is 13.1. The molecule has 4 aromatic rings. The number of nitrogens with one attached hydrogen (secondary N) is 2. The van der Waals surface area contributed by atoms with Crippen LogP contribution >= 0.6 is 0 Å². The molecule has 1 aliphatic rings. The van der Waals surface area contributed by atoms with Crippen molar-refractivity contribution in [3.63, 3.8) is 0 Å². The van der Waals surface area contributed by atoms with Crippen LogP contribution in [0.2, 0.25) is 0 Å². The Morgan fingerprint density at radius 2 is 1.73 bits per heavy atom. The summed E-state index contributed by atoms with van der Waals surface area (Å²) in [6.07, 6.45) is 1.14. The first-order valence-electron chi connectivity index (χ1n) is 13.1. The Labute approximate surface area is 237 Å². The number of hydrogen-bond donors (Lipinski definition) is 2. The van der Waals surface area contributed by atoms with Crippen molar-refractivity contribution < 1.29 is 18.0 Å². The van der Waals surface area contributed by atoms with Crippen LogP contribution in [0.1, 0.15) is 28.5 Å². The molecule has 0 bridgehead atoms. The van der Waals surface area contributed by atoms with Gasteiger partial charge in [-0.05, 0) is 61.9 Å². The van der Waals surface area contributed by atoms with Gasteiger partial charge in [-0.2, -0.15) is 4.98 Å². The molecule has 0 aliphatic carbocycles. The first kappa shape index (κ1) is 28.1.